The first-order valence-electron chi connectivity index (χ1n) is 19.5. The second kappa shape index (κ2) is 12.4. The van der Waals surface area contributed by atoms with Gasteiger partial charge >= 0.3 is 0 Å². The molecule has 12 rings (SSSR count). The van der Waals surface area contributed by atoms with Crippen molar-refractivity contribution < 1.29 is 0 Å². The van der Waals surface area contributed by atoms with E-state index < -0.39 is 0 Å². The lowest BCUT2D eigenvalue weighted by Crippen LogP contribution is -2.01. The summed E-state index contributed by atoms with van der Waals surface area (Å²) in [5, 5.41) is 7.39. The van der Waals surface area contributed by atoms with Crippen LogP contribution < -0.4 is 0 Å². The second-order valence-corrected chi connectivity index (χ2v) is 14.8. The highest BCUT2D eigenvalue weighted by atomic mass is 15.1. The zero-order valence-electron chi connectivity index (χ0n) is 30.9. The van der Waals surface area contributed by atoms with Crippen LogP contribution in [0.25, 0.3) is 105 Å². The lowest BCUT2D eigenvalue weighted by molar-refractivity contribution is 1.13. The third kappa shape index (κ3) is 4.77. The summed E-state index contributed by atoms with van der Waals surface area (Å²) in [5.74, 6) is 0. The fraction of sp³-hybridized carbons (Fsp3) is 0. The molecule has 12 aromatic rings. The summed E-state index contributed by atoms with van der Waals surface area (Å²) in [6.07, 6.45) is 0. The van der Waals surface area contributed by atoms with E-state index in [4.69, 9.17) is 4.98 Å². The summed E-state index contributed by atoms with van der Waals surface area (Å²) >= 11 is 0. The number of hydrogen-bond donors (Lipinski definition) is 0. The van der Waals surface area contributed by atoms with E-state index in [1.54, 1.807) is 0 Å². The van der Waals surface area contributed by atoms with E-state index in [1.165, 1.54) is 59.9 Å². The minimum Gasteiger partial charge on any atom is -0.309 e. The van der Waals surface area contributed by atoms with Crippen molar-refractivity contribution in [2.24, 2.45) is 0 Å². The van der Waals surface area contributed by atoms with Crippen LogP contribution in [0, 0.1) is 0 Å². The van der Waals surface area contributed by atoms with Gasteiger partial charge in [0, 0.05) is 54.8 Å². The first kappa shape index (κ1) is 31.6. The number of nitrogens with zero attached hydrogens (tertiary/aromatic N) is 4. The van der Waals surface area contributed by atoms with Gasteiger partial charge in [0.2, 0.25) is 0 Å². The maximum Gasteiger partial charge on any atom is 0.0788 e. The molecule has 0 aliphatic rings. The van der Waals surface area contributed by atoms with Crippen molar-refractivity contribution in [3.05, 3.63) is 206 Å². The molecule has 266 valence electrons. The van der Waals surface area contributed by atoms with Gasteiger partial charge in [0.25, 0.3) is 0 Å². The average molecular weight is 727 g/mol. The number of fused-ring (bicyclic) bond motifs is 10. The Morgan fingerprint density at radius 1 is 0.263 bits per heavy atom. The topological polar surface area (TPSA) is 27.7 Å². The third-order valence-electron chi connectivity index (χ3n) is 11.6. The predicted octanol–water partition coefficient (Wildman–Crippen LogP) is 13.7. The molecule has 0 unspecified atom stereocenters. The van der Waals surface area contributed by atoms with Gasteiger partial charge in [-0.15, -0.1) is 0 Å². The molecular formula is C53H34N4. The third-order valence-corrected chi connectivity index (χ3v) is 11.6. The summed E-state index contributed by atoms with van der Waals surface area (Å²) in [5.41, 5.74) is 14.4. The summed E-state index contributed by atoms with van der Waals surface area (Å²) in [7, 11) is 0. The smallest absolute Gasteiger partial charge is 0.0788 e. The van der Waals surface area contributed by atoms with Gasteiger partial charge in [-0.05, 0) is 60.7 Å². The van der Waals surface area contributed by atoms with Gasteiger partial charge in [0.1, 0.15) is 0 Å². The molecule has 57 heavy (non-hydrogen) atoms. The number of rotatable bonds is 5. The molecule has 0 aliphatic carbocycles. The normalized spacial score (nSPS) is 11.9. The Morgan fingerprint density at radius 2 is 0.596 bits per heavy atom. The van der Waals surface area contributed by atoms with Crippen LogP contribution in [0.1, 0.15) is 0 Å². The molecule has 4 heterocycles. The molecule has 0 amide bonds. The first-order chi connectivity index (χ1) is 28.3. The van der Waals surface area contributed by atoms with Crippen LogP contribution in [0.4, 0.5) is 0 Å². The van der Waals surface area contributed by atoms with Gasteiger partial charge < -0.3 is 13.7 Å². The van der Waals surface area contributed by atoms with E-state index in [0.717, 1.165) is 45.1 Å². The lowest BCUT2D eigenvalue weighted by atomic mass is 10.1. The Hall–Kier alpha value is -7.69. The van der Waals surface area contributed by atoms with Gasteiger partial charge in [-0.1, -0.05) is 146 Å². The molecule has 0 atom stereocenters. The average Bonchev–Trinajstić information content (AvgIpc) is 3.93. The second-order valence-electron chi connectivity index (χ2n) is 14.8. The number of para-hydroxylation sites is 4. The number of hydrogen-bond acceptors (Lipinski definition) is 1. The molecule has 8 aromatic carbocycles. The molecule has 0 spiro atoms. The molecule has 0 saturated carbocycles. The monoisotopic (exact) mass is 726 g/mol. The van der Waals surface area contributed by atoms with E-state index in [0.29, 0.717) is 0 Å². The maximum atomic E-state index is 5.25. The largest absolute Gasteiger partial charge is 0.309 e. The number of benzene rings is 8. The van der Waals surface area contributed by atoms with Gasteiger partial charge in [0.15, 0.2) is 0 Å². The van der Waals surface area contributed by atoms with Gasteiger partial charge in [-0.3, -0.25) is 0 Å². The van der Waals surface area contributed by atoms with E-state index in [-0.39, 0.29) is 0 Å². The molecule has 0 aliphatic heterocycles. The quantitative estimate of drug-likeness (QED) is 0.174. The molecule has 4 nitrogen and oxygen atoms in total. The standard InChI is InChI=1S/C53H34N4/c1-3-15-35(16-4-1)46-33-39(34-47(54-46)36-17-5-2-6-18-36)57-51-26-14-10-22-43(51)45-32-31-44-42-21-9-13-25-50(42)56(52(44)53(45)57)38-29-27-37(28-30-38)55-48-23-11-7-19-40(48)41-20-8-12-24-49(41)55/h1-34H. The van der Waals surface area contributed by atoms with E-state index in [9.17, 15) is 0 Å². The Kier molecular flexibility index (Phi) is 6.89. The Bertz CT molecular complexity index is 3390. The number of aromatic nitrogens is 4. The van der Waals surface area contributed by atoms with Gasteiger partial charge in [0.05, 0.1) is 50.2 Å². The summed E-state index contributed by atoms with van der Waals surface area (Å²) in [4.78, 5) is 5.25. The van der Waals surface area contributed by atoms with E-state index >= 15 is 0 Å². The Balaban J connectivity index is 1.16. The van der Waals surface area contributed by atoms with Crippen molar-refractivity contribution in [3.63, 3.8) is 0 Å². The van der Waals surface area contributed by atoms with Crippen molar-refractivity contribution in [1.82, 2.24) is 18.7 Å². The van der Waals surface area contributed by atoms with Crippen LogP contribution in [0.15, 0.2) is 206 Å². The van der Waals surface area contributed by atoms with Crippen LogP contribution in [0.5, 0.6) is 0 Å². The first-order valence-corrected chi connectivity index (χ1v) is 19.5. The molecule has 0 bridgehead atoms. The Morgan fingerprint density at radius 3 is 1.04 bits per heavy atom. The van der Waals surface area contributed by atoms with Crippen molar-refractivity contribution >= 4 is 65.4 Å². The Labute approximate surface area is 328 Å². The SMILES string of the molecule is c1ccc(-c2cc(-n3c4ccccc4c4ccc5c6ccccc6n(-c6ccc(-n7c8ccccc8c8ccccc87)cc6)c5c43)cc(-c3ccccc3)n2)cc1. The van der Waals surface area contributed by atoms with Crippen LogP contribution in [0.3, 0.4) is 0 Å². The van der Waals surface area contributed by atoms with Gasteiger partial charge in [-0.2, -0.15) is 0 Å². The fourth-order valence-corrected chi connectivity index (χ4v) is 9.15. The van der Waals surface area contributed by atoms with Gasteiger partial charge in [-0.25, -0.2) is 4.98 Å². The van der Waals surface area contributed by atoms with Crippen LogP contribution in [-0.2, 0) is 0 Å². The molecule has 0 saturated heterocycles. The predicted molar refractivity (Wildman–Crippen MR) is 238 cm³/mol. The van der Waals surface area contributed by atoms with Crippen molar-refractivity contribution in [2.45, 2.75) is 0 Å². The number of pyridine rings is 1. The molecule has 0 fully saturated rings. The lowest BCUT2D eigenvalue weighted by Gasteiger charge is -2.15. The highest BCUT2D eigenvalue weighted by Gasteiger charge is 2.22. The molecule has 0 N–H and O–H groups in total. The zero-order valence-corrected chi connectivity index (χ0v) is 30.9. The van der Waals surface area contributed by atoms with Crippen LogP contribution in [-0.4, -0.2) is 18.7 Å². The van der Waals surface area contributed by atoms with Crippen molar-refractivity contribution in [2.75, 3.05) is 0 Å². The molecular weight excluding hydrogens is 693 g/mol. The van der Waals surface area contributed by atoms with E-state index in [1.807, 2.05) is 0 Å². The highest BCUT2D eigenvalue weighted by molar-refractivity contribution is 6.24. The fourth-order valence-electron chi connectivity index (χ4n) is 9.15. The molecule has 4 aromatic heterocycles. The molecule has 4 heteroatoms. The minimum absolute atomic E-state index is 0.936. The summed E-state index contributed by atoms with van der Waals surface area (Å²) in [6.45, 7) is 0. The van der Waals surface area contributed by atoms with Crippen LogP contribution >= 0.6 is 0 Å². The summed E-state index contributed by atoms with van der Waals surface area (Å²) < 4.78 is 7.32. The van der Waals surface area contributed by atoms with Crippen molar-refractivity contribution in [1.29, 1.82) is 0 Å². The zero-order chi connectivity index (χ0) is 37.5. The van der Waals surface area contributed by atoms with E-state index in [2.05, 4.69) is 220 Å². The van der Waals surface area contributed by atoms with Crippen LogP contribution in [0.2, 0.25) is 0 Å². The molecule has 0 radical (unpaired) electrons. The maximum absolute atomic E-state index is 5.25. The minimum atomic E-state index is 0.936. The summed E-state index contributed by atoms with van der Waals surface area (Å²) in [6, 6.07) is 74.3. The van der Waals surface area contributed by atoms with Crippen molar-refractivity contribution in [3.8, 4) is 39.6 Å². The highest BCUT2D eigenvalue weighted by Crippen LogP contribution is 2.43.